The molecule has 1 nitrogen and oxygen atoms in total. The summed E-state index contributed by atoms with van der Waals surface area (Å²) in [6, 6.07) is 10.5. The molecular weight excluding hydrogens is 325 g/mol. The van der Waals surface area contributed by atoms with Crippen molar-refractivity contribution < 1.29 is 0 Å². The highest BCUT2D eigenvalue weighted by molar-refractivity contribution is 6.42. The first kappa shape index (κ1) is 15.1. The number of benzene rings is 2. The van der Waals surface area contributed by atoms with Crippen molar-refractivity contribution in [3.63, 3.8) is 0 Å². The predicted molar refractivity (Wildman–Crippen MR) is 98.7 cm³/mol. The van der Waals surface area contributed by atoms with Crippen molar-refractivity contribution in [3.05, 3.63) is 74.8 Å². The normalized spacial score (nSPS) is 25.0. The molecule has 0 spiro atoms. The van der Waals surface area contributed by atoms with Gasteiger partial charge in [-0.25, -0.2) is 0 Å². The molecule has 0 saturated carbocycles. The lowest BCUT2D eigenvalue weighted by atomic mass is 9.75. The van der Waals surface area contributed by atoms with Crippen LogP contribution in [0.5, 0.6) is 0 Å². The van der Waals surface area contributed by atoms with Gasteiger partial charge in [-0.3, -0.25) is 0 Å². The molecule has 3 unspecified atom stereocenters. The van der Waals surface area contributed by atoms with Crippen molar-refractivity contribution in [3.8, 4) is 0 Å². The number of nitrogens with one attached hydrogen (secondary N) is 1. The van der Waals surface area contributed by atoms with Gasteiger partial charge in [-0.1, -0.05) is 59.6 Å². The van der Waals surface area contributed by atoms with E-state index in [2.05, 4.69) is 49.5 Å². The fourth-order valence-electron chi connectivity index (χ4n) is 4.11. The minimum Gasteiger partial charge on any atom is -0.377 e. The number of anilines is 1. The maximum absolute atomic E-state index is 6.52. The summed E-state index contributed by atoms with van der Waals surface area (Å²) in [5.41, 5.74) is 6.45. The molecule has 0 saturated heterocycles. The summed E-state index contributed by atoms with van der Waals surface area (Å²) in [7, 11) is 0. The number of allylic oxidation sites excluding steroid dienone is 2. The molecule has 2 aromatic carbocycles. The average Bonchev–Trinajstić information content (AvgIpc) is 3.02. The number of halogens is 2. The maximum Gasteiger partial charge on any atom is 0.0645 e. The van der Waals surface area contributed by atoms with Crippen LogP contribution in [0, 0.1) is 19.8 Å². The van der Waals surface area contributed by atoms with Crippen molar-refractivity contribution >= 4 is 28.9 Å². The van der Waals surface area contributed by atoms with Crippen LogP contribution in [-0.4, -0.2) is 0 Å². The molecule has 0 bridgehead atoms. The van der Waals surface area contributed by atoms with E-state index in [0.29, 0.717) is 21.9 Å². The molecule has 1 aliphatic carbocycles. The Balaban J connectivity index is 1.88. The van der Waals surface area contributed by atoms with Crippen molar-refractivity contribution in [2.45, 2.75) is 32.2 Å². The molecule has 2 aliphatic rings. The summed E-state index contributed by atoms with van der Waals surface area (Å²) in [4.78, 5) is 0. The molecular formula is C20H19Cl2N. The van der Waals surface area contributed by atoms with Gasteiger partial charge in [-0.2, -0.15) is 0 Å². The molecule has 2 aromatic rings. The number of aryl methyl sites for hydroxylation is 2. The first-order chi connectivity index (χ1) is 11.1. The van der Waals surface area contributed by atoms with Gasteiger partial charge >= 0.3 is 0 Å². The van der Waals surface area contributed by atoms with Crippen molar-refractivity contribution in [1.29, 1.82) is 0 Å². The monoisotopic (exact) mass is 343 g/mol. The summed E-state index contributed by atoms with van der Waals surface area (Å²) in [6.07, 6.45) is 5.74. The smallest absolute Gasteiger partial charge is 0.0645 e. The maximum atomic E-state index is 6.52. The van der Waals surface area contributed by atoms with E-state index in [1.165, 1.54) is 22.4 Å². The highest BCUT2D eigenvalue weighted by Crippen LogP contribution is 2.52. The minimum atomic E-state index is 0.189. The van der Waals surface area contributed by atoms with E-state index in [4.69, 9.17) is 23.2 Å². The van der Waals surface area contributed by atoms with Crippen LogP contribution in [0.25, 0.3) is 0 Å². The van der Waals surface area contributed by atoms with E-state index in [1.807, 2.05) is 12.1 Å². The first-order valence-corrected chi connectivity index (χ1v) is 8.80. The minimum absolute atomic E-state index is 0.189. The molecule has 1 heterocycles. The topological polar surface area (TPSA) is 12.0 Å². The van der Waals surface area contributed by atoms with E-state index in [1.54, 1.807) is 0 Å². The fraction of sp³-hybridized carbons (Fsp3) is 0.300. The molecule has 1 aliphatic heterocycles. The Bertz CT molecular complexity index is 810. The van der Waals surface area contributed by atoms with Gasteiger partial charge in [0.05, 0.1) is 16.1 Å². The van der Waals surface area contributed by atoms with Gasteiger partial charge in [-0.05, 0) is 54.5 Å². The largest absolute Gasteiger partial charge is 0.377 e. The van der Waals surface area contributed by atoms with Gasteiger partial charge in [0, 0.05) is 11.6 Å². The Morgan fingerprint density at radius 1 is 1.04 bits per heavy atom. The highest BCUT2D eigenvalue weighted by atomic mass is 35.5. The van der Waals surface area contributed by atoms with Crippen LogP contribution in [0.1, 0.15) is 40.6 Å². The van der Waals surface area contributed by atoms with Crippen molar-refractivity contribution in [1.82, 2.24) is 0 Å². The van der Waals surface area contributed by atoms with Crippen LogP contribution in [0.2, 0.25) is 10.0 Å². The standard InChI is InChI=1S/C20H19Cl2N/c1-11-9-10-12(2)19-17(11)13-5-3-6-14(13)20(23-19)15-7-4-8-16(21)18(15)22/h3-5,7-10,13-14,20,23H,6H2,1-2H3. The Labute approximate surface area is 147 Å². The van der Waals surface area contributed by atoms with Gasteiger partial charge in [0.2, 0.25) is 0 Å². The van der Waals surface area contributed by atoms with Gasteiger partial charge in [0.1, 0.15) is 0 Å². The highest BCUT2D eigenvalue weighted by Gasteiger charge is 2.39. The summed E-state index contributed by atoms with van der Waals surface area (Å²) in [6.45, 7) is 4.37. The molecule has 3 atom stereocenters. The zero-order valence-corrected chi connectivity index (χ0v) is 14.7. The van der Waals surface area contributed by atoms with E-state index >= 15 is 0 Å². The second-order valence-electron chi connectivity index (χ2n) is 6.61. The molecule has 1 N–H and O–H groups in total. The number of hydrogen-bond donors (Lipinski definition) is 1. The third-order valence-electron chi connectivity index (χ3n) is 5.26. The number of hydrogen-bond acceptors (Lipinski definition) is 1. The molecule has 23 heavy (non-hydrogen) atoms. The van der Waals surface area contributed by atoms with E-state index in [0.717, 1.165) is 12.0 Å². The van der Waals surface area contributed by atoms with Gasteiger partial charge in [-0.15, -0.1) is 0 Å². The Kier molecular flexibility index (Phi) is 3.66. The first-order valence-electron chi connectivity index (χ1n) is 8.05. The average molecular weight is 344 g/mol. The van der Waals surface area contributed by atoms with Crippen LogP contribution in [0.15, 0.2) is 42.5 Å². The van der Waals surface area contributed by atoms with E-state index in [9.17, 15) is 0 Å². The Morgan fingerprint density at radius 3 is 2.65 bits per heavy atom. The van der Waals surface area contributed by atoms with Crippen molar-refractivity contribution in [2.75, 3.05) is 5.32 Å². The molecule has 0 amide bonds. The molecule has 0 aromatic heterocycles. The zero-order valence-electron chi connectivity index (χ0n) is 13.2. The Hall–Kier alpha value is -1.44. The summed E-state index contributed by atoms with van der Waals surface area (Å²) >= 11 is 12.8. The van der Waals surface area contributed by atoms with Gasteiger partial charge in [0.25, 0.3) is 0 Å². The molecule has 3 heteroatoms. The number of fused-ring (bicyclic) bond motifs is 3. The second-order valence-corrected chi connectivity index (χ2v) is 7.39. The van der Waals surface area contributed by atoms with E-state index < -0.39 is 0 Å². The SMILES string of the molecule is Cc1ccc(C)c2c1NC(c1cccc(Cl)c1Cl)C1CC=CC21. The quantitative estimate of drug-likeness (QED) is 0.587. The summed E-state index contributed by atoms with van der Waals surface area (Å²) in [5.74, 6) is 0.935. The number of rotatable bonds is 1. The summed E-state index contributed by atoms with van der Waals surface area (Å²) in [5, 5.41) is 5.08. The van der Waals surface area contributed by atoms with Crippen LogP contribution in [0.4, 0.5) is 5.69 Å². The fourth-order valence-corrected chi connectivity index (χ4v) is 4.54. The van der Waals surface area contributed by atoms with Gasteiger partial charge < -0.3 is 5.32 Å². The summed E-state index contributed by atoms with van der Waals surface area (Å²) < 4.78 is 0. The third kappa shape index (κ3) is 2.29. The van der Waals surface area contributed by atoms with Crippen LogP contribution >= 0.6 is 23.2 Å². The third-order valence-corrected chi connectivity index (χ3v) is 6.10. The lowest BCUT2D eigenvalue weighted by molar-refractivity contribution is 0.424. The predicted octanol–water partition coefficient (Wildman–Crippen LogP) is 6.44. The molecule has 0 radical (unpaired) electrons. The van der Waals surface area contributed by atoms with E-state index in [-0.39, 0.29) is 6.04 Å². The lowest BCUT2D eigenvalue weighted by Crippen LogP contribution is -2.30. The van der Waals surface area contributed by atoms with Crippen LogP contribution in [0.3, 0.4) is 0 Å². The molecule has 4 rings (SSSR count). The lowest BCUT2D eigenvalue weighted by Gasteiger charge is -2.39. The molecule has 0 fully saturated rings. The van der Waals surface area contributed by atoms with Crippen molar-refractivity contribution in [2.24, 2.45) is 5.92 Å². The second kappa shape index (κ2) is 5.58. The van der Waals surface area contributed by atoms with Gasteiger partial charge in [0.15, 0.2) is 0 Å². The molecule has 118 valence electrons. The Morgan fingerprint density at radius 2 is 1.83 bits per heavy atom. The zero-order chi connectivity index (χ0) is 16.1. The van der Waals surface area contributed by atoms with Crippen LogP contribution < -0.4 is 5.32 Å². The van der Waals surface area contributed by atoms with Crippen LogP contribution in [-0.2, 0) is 0 Å².